The van der Waals surface area contributed by atoms with Crippen LogP contribution >= 0.6 is 0 Å². The molecule has 0 fully saturated rings. The number of carbonyl (C=O) groups excluding carboxylic acids is 2. The van der Waals surface area contributed by atoms with Crippen LogP contribution in [-0.4, -0.2) is 54.7 Å². The maximum absolute atomic E-state index is 12.9. The van der Waals surface area contributed by atoms with Gasteiger partial charge in [0.15, 0.2) is 5.82 Å². The molecule has 11 nitrogen and oxygen atoms in total. The number of carboxylic acid groups (broad SMARTS) is 3. The average Bonchev–Trinajstić information content (AvgIpc) is 3.37. The standard InChI is InChI=1S/C24H29N5O3.CH2O3.2K/c1-4-5-10-21(30)29(22(16(2)3)24(31)32)15-17-11-13-18(14-12-17)19-8-6-7-9-20(19)23-25-27-28-26-23;2-1(3)4;;/h6-9,11-14,16,22H,4-5,10,15H2,1-3H3,(H,31,32)(H,25,26,27,28);(H2,2,3,4);;/q;;2*+1/p-2/t22-;;;/m0.../s1. The Kier molecular flexibility index (Phi) is 18.6. The number of aromatic nitrogens is 4. The number of tetrazole rings is 1. The Morgan fingerprint density at radius 1 is 1.00 bits per heavy atom. The van der Waals surface area contributed by atoms with E-state index in [4.69, 9.17) is 15.0 Å². The zero-order valence-corrected chi connectivity index (χ0v) is 28.6. The van der Waals surface area contributed by atoms with E-state index in [1.54, 1.807) is 0 Å². The van der Waals surface area contributed by atoms with Gasteiger partial charge >= 0.3 is 109 Å². The van der Waals surface area contributed by atoms with Gasteiger partial charge in [-0.25, -0.2) is 9.89 Å². The van der Waals surface area contributed by atoms with E-state index >= 15 is 0 Å². The van der Waals surface area contributed by atoms with Crippen LogP contribution in [-0.2, 0) is 16.1 Å². The van der Waals surface area contributed by atoms with E-state index in [0.29, 0.717) is 12.2 Å². The van der Waals surface area contributed by atoms with Crippen LogP contribution in [0.1, 0.15) is 45.6 Å². The maximum Gasteiger partial charge on any atom is 1.00 e. The quantitative estimate of drug-likeness (QED) is 0.227. The fourth-order valence-electron chi connectivity index (χ4n) is 3.79. The fourth-order valence-corrected chi connectivity index (χ4v) is 3.79. The summed E-state index contributed by atoms with van der Waals surface area (Å²) >= 11 is 0. The van der Waals surface area contributed by atoms with Crippen LogP contribution in [0, 0.1) is 5.92 Å². The van der Waals surface area contributed by atoms with E-state index in [0.717, 1.165) is 35.1 Å². The summed E-state index contributed by atoms with van der Waals surface area (Å²) < 4.78 is 0. The number of carboxylic acids is 1. The van der Waals surface area contributed by atoms with Crippen LogP contribution in [0.4, 0.5) is 4.79 Å². The smallest absolute Gasteiger partial charge is 0.652 e. The van der Waals surface area contributed by atoms with Crippen molar-refractivity contribution in [3.05, 3.63) is 54.1 Å². The third kappa shape index (κ3) is 11.6. The maximum atomic E-state index is 12.9. The SMILES string of the molecule is CCCCC(=O)N(Cc1ccc(-c2ccccc2-c2nnn[nH]2)cc1)[C@H](C(=O)O)C(C)C.O=C([O-])[O-].[K+].[K+]. The zero-order chi connectivity index (χ0) is 26.7. The number of carbonyl (C=O) groups is 3. The Labute approximate surface area is 306 Å². The number of unbranched alkanes of at least 4 members (excludes halogenated alkanes) is 1. The number of rotatable bonds is 10. The van der Waals surface area contributed by atoms with Gasteiger partial charge in [-0.3, -0.25) is 4.79 Å². The number of H-pyrrole nitrogens is 1. The van der Waals surface area contributed by atoms with E-state index in [-0.39, 0.29) is 121 Å². The summed E-state index contributed by atoms with van der Waals surface area (Å²) in [6.45, 7) is 5.93. The number of aromatic amines is 1. The molecule has 0 unspecified atom stereocenters. The summed E-state index contributed by atoms with van der Waals surface area (Å²) in [5.41, 5.74) is 3.71. The molecule has 1 atom stereocenters. The second-order valence-corrected chi connectivity index (χ2v) is 8.39. The Bertz CT molecular complexity index is 1140. The Morgan fingerprint density at radius 2 is 1.58 bits per heavy atom. The molecule has 2 N–H and O–H groups in total. The number of aliphatic carboxylic acids is 1. The predicted octanol–water partition coefficient (Wildman–Crippen LogP) is -4.28. The molecule has 0 saturated carbocycles. The average molecular weight is 574 g/mol. The number of nitrogens with zero attached hydrogens (tertiary/aromatic N) is 4. The molecule has 3 aromatic rings. The first-order valence-corrected chi connectivity index (χ1v) is 11.5. The molecule has 1 heterocycles. The normalized spacial score (nSPS) is 10.7. The van der Waals surface area contributed by atoms with Crippen LogP contribution in [0.5, 0.6) is 0 Å². The molecule has 3 rings (SSSR count). The van der Waals surface area contributed by atoms with Crippen molar-refractivity contribution in [2.45, 2.75) is 52.6 Å². The Hall–Kier alpha value is -1.01. The van der Waals surface area contributed by atoms with Gasteiger partial charge in [0.2, 0.25) is 5.91 Å². The summed E-state index contributed by atoms with van der Waals surface area (Å²) in [5, 5.41) is 40.5. The van der Waals surface area contributed by atoms with Gasteiger partial charge in [0, 0.05) is 18.5 Å². The van der Waals surface area contributed by atoms with Crippen molar-refractivity contribution >= 4 is 18.0 Å². The number of hydrogen-bond donors (Lipinski definition) is 2. The first-order chi connectivity index (χ1) is 17.1. The van der Waals surface area contributed by atoms with E-state index in [2.05, 4.69) is 20.6 Å². The second kappa shape index (κ2) is 19.1. The van der Waals surface area contributed by atoms with Gasteiger partial charge in [-0.1, -0.05) is 75.7 Å². The van der Waals surface area contributed by atoms with E-state index in [9.17, 15) is 14.7 Å². The van der Waals surface area contributed by atoms with E-state index < -0.39 is 18.2 Å². The van der Waals surface area contributed by atoms with Crippen molar-refractivity contribution in [3.63, 3.8) is 0 Å². The third-order valence-electron chi connectivity index (χ3n) is 5.43. The van der Waals surface area contributed by atoms with Crippen molar-refractivity contribution < 1.29 is 132 Å². The topological polar surface area (TPSA) is 175 Å². The van der Waals surface area contributed by atoms with Crippen LogP contribution in [0.2, 0.25) is 0 Å². The van der Waals surface area contributed by atoms with Gasteiger partial charge in [-0.05, 0) is 45.6 Å². The molecule has 1 aromatic heterocycles. The van der Waals surface area contributed by atoms with Gasteiger partial charge in [-0.2, -0.15) is 0 Å². The molecule has 38 heavy (non-hydrogen) atoms. The summed E-state index contributed by atoms with van der Waals surface area (Å²) in [6, 6.07) is 14.8. The first kappa shape index (κ1) is 37.0. The minimum atomic E-state index is -2.33. The molecule has 0 spiro atoms. The number of nitrogens with one attached hydrogen (secondary N) is 1. The molecule has 0 aliphatic carbocycles. The Morgan fingerprint density at radius 3 is 2.05 bits per heavy atom. The number of amides is 1. The zero-order valence-electron chi connectivity index (χ0n) is 22.4. The van der Waals surface area contributed by atoms with Crippen LogP contribution in [0.25, 0.3) is 22.5 Å². The largest absolute Gasteiger partial charge is 1.00 e. The van der Waals surface area contributed by atoms with Crippen LogP contribution < -0.4 is 113 Å². The van der Waals surface area contributed by atoms with Crippen molar-refractivity contribution in [2.75, 3.05) is 0 Å². The van der Waals surface area contributed by atoms with Crippen LogP contribution in [0.3, 0.4) is 0 Å². The van der Waals surface area contributed by atoms with E-state index in [1.165, 1.54) is 4.90 Å². The molecular formula is C25H29K2N5O6. The van der Waals surface area contributed by atoms with Gasteiger partial charge in [-0.15, -0.1) is 5.10 Å². The third-order valence-corrected chi connectivity index (χ3v) is 5.43. The summed E-state index contributed by atoms with van der Waals surface area (Å²) in [4.78, 5) is 34.6. The molecule has 1 amide bonds. The fraction of sp³-hybridized carbons (Fsp3) is 0.360. The van der Waals surface area contributed by atoms with Crippen LogP contribution in [0.15, 0.2) is 48.5 Å². The number of benzene rings is 2. The summed E-state index contributed by atoms with van der Waals surface area (Å²) in [7, 11) is 0. The van der Waals surface area contributed by atoms with E-state index in [1.807, 2.05) is 69.3 Å². The summed E-state index contributed by atoms with van der Waals surface area (Å²) in [5.74, 6) is -0.713. The molecule has 0 radical (unpaired) electrons. The van der Waals surface area contributed by atoms with Crippen molar-refractivity contribution in [1.82, 2.24) is 25.5 Å². The van der Waals surface area contributed by atoms with Gasteiger partial charge < -0.3 is 25.0 Å². The predicted molar refractivity (Wildman–Crippen MR) is 127 cm³/mol. The van der Waals surface area contributed by atoms with Gasteiger partial charge in [0.25, 0.3) is 0 Å². The molecule has 192 valence electrons. The number of hydrogen-bond acceptors (Lipinski definition) is 8. The molecule has 0 aliphatic rings. The van der Waals surface area contributed by atoms with Crippen molar-refractivity contribution in [3.8, 4) is 22.5 Å². The molecule has 13 heteroatoms. The minimum Gasteiger partial charge on any atom is -0.652 e. The Balaban J connectivity index is 0.00000213. The van der Waals surface area contributed by atoms with Crippen molar-refractivity contribution in [2.24, 2.45) is 5.92 Å². The summed E-state index contributed by atoms with van der Waals surface area (Å²) in [6.07, 6.45) is -0.358. The molecule has 2 aromatic carbocycles. The first-order valence-electron chi connectivity index (χ1n) is 11.5. The molecular weight excluding hydrogens is 545 g/mol. The molecule has 0 saturated heterocycles. The minimum absolute atomic E-state index is 0. The van der Waals surface area contributed by atoms with Gasteiger partial charge in [0.05, 0.1) is 0 Å². The molecule has 0 aliphatic heterocycles. The van der Waals surface area contributed by atoms with Crippen molar-refractivity contribution in [1.29, 1.82) is 0 Å². The second-order valence-electron chi connectivity index (χ2n) is 8.39. The van der Waals surface area contributed by atoms with Gasteiger partial charge in [0.1, 0.15) is 6.04 Å². The molecule has 0 bridgehead atoms. The monoisotopic (exact) mass is 573 g/mol.